The van der Waals surface area contributed by atoms with Crippen LogP contribution in [0.3, 0.4) is 0 Å². The number of nitrogens with zero attached hydrogens (tertiary/aromatic N) is 1. The fourth-order valence-corrected chi connectivity index (χ4v) is 1.96. The van der Waals surface area contributed by atoms with E-state index in [-0.39, 0.29) is 11.7 Å². The Labute approximate surface area is 100 Å². The summed E-state index contributed by atoms with van der Waals surface area (Å²) >= 11 is 0. The summed E-state index contributed by atoms with van der Waals surface area (Å²) in [6, 6.07) is 1.51. The van der Waals surface area contributed by atoms with E-state index in [1.165, 1.54) is 6.07 Å². The van der Waals surface area contributed by atoms with Gasteiger partial charge in [0.15, 0.2) is 0 Å². The van der Waals surface area contributed by atoms with Gasteiger partial charge in [0.1, 0.15) is 11.9 Å². The monoisotopic (exact) mass is 237 g/mol. The van der Waals surface area contributed by atoms with Crippen LogP contribution in [0.4, 0.5) is 0 Å². The molecule has 1 fully saturated rings. The van der Waals surface area contributed by atoms with Crippen LogP contribution in [0, 0.1) is 5.92 Å². The van der Waals surface area contributed by atoms with Crippen molar-refractivity contribution in [2.75, 3.05) is 13.2 Å². The summed E-state index contributed by atoms with van der Waals surface area (Å²) in [4.78, 5) is 18.8. The maximum Gasteiger partial charge on any atom is 0.251 e. The molecular weight excluding hydrogens is 218 g/mol. The first-order valence-electron chi connectivity index (χ1n) is 6.16. The fraction of sp³-hybridized carbons (Fsp3) is 0.667. The highest BCUT2D eigenvalue weighted by Gasteiger charge is 2.34. The Balaban J connectivity index is 2.25. The van der Waals surface area contributed by atoms with Crippen molar-refractivity contribution in [1.82, 2.24) is 9.97 Å². The highest BCUT2D eigenvalue weighted by Crippen LogP contribution is 2.41. The van der Waals surface area contributed by atoms with E-state index < -0.39 is 0 Å². The lowest BCUT2D eigenvalue weighted by molar-refractivity contribution is 0.0397. The lowest BCUT2D eigenvalue weighted by Crippen LogP contribution is -2.19. The Morgan fingerprint density at radius 1 is 1.65 bits per heavy atom. The average molecular weight is 237 g/mol. The first-order chi connectivity index (χ1) is 8.24. The summed E-state index contributed by atoms with van der Waals surface area (Å²) in [6.45, 7) is 3.09. The molecule has 0 aromatic carbocycles. The number of nitrogens with two attached hydrogens (primary N) is 1. The molecule has 0 aliphatic heterocycles. The Bertz CT molecular complexity index is 426. The predicted molar refractivity (Wildman–Crippen MR) is 64.7 cm³/mol. The lowest BCUT2D eigenvalue weighted by atomic mass is 10.2. The van der Waals surface area contributed by atoms with Crippen molar-refractivity contribution >= 4 is 0 Å². The van der Waals surface area contributed by atoms with Crippen molar-refractivity contribution in [3.8, 4) is 0 Å². The van der Waals surface area contributed by atoms with Gasteiger partial charge in [-0.05, 0) is 32.2 Å². The molecule has 1 aliphatic rings. The van der Waals surface area contributed by atoms with Crippen molar-refractivity contribution in [3.05, 3.63) is 27.9 Å². The normalized spacial score (nSPS) is 17.1. The van der Waals surface area contributed by atoms with Crippen LogP contribution in [0.2, 0.25) is 0 Å². The van der Waals surface area contributed by atoms with E-state index in [0.29, 0.717) is 31.3 Å². The first kappa shape index (κ1) is 12.3. The van der Waals surface area contributed by atoms with Gasteiger partial charge in [0.2, 0.25) is 0 Å². The Hall–Kier alpha value is -1.20. The minimum Gasteiger partial charge on any atom is -0.370 e. The van der Waals surface area contributed by atoms with E-state index in [1.807, 2.05) is 6.92 Å². The van der Waals surface area contributed by atoms with Gasteiger partial charge in [-0.25, -0.2) is 4.98 Å². The quantitative estimate of drug-likeness (QED) is 0.765. The van der Waals surface area contributed by atoms with E-state index in [0.717, 1.165) is 18.5 Å². The summed E-state index contributed by atoms with van der Waals surface area (Å²) in [5, 5.41) is 0. The van der Waals surface area contributed by atoms with Gasteiger partial charge in [-0.2, -0.15) is 0 Å². The van der Waals surface area contributed by atoms with Crippen LogP contribution in [0.25, 0.3) is 0 Å². The summed E-state index contributed by atoms with van der Waals surface area (Å²) < 4.78 is 5.68. The molecule has 3 N–H and O–H groups in total. The van der Waals surface area contributed by atoms with E-state index in [1.54, 1.807) is 0 Å². The maximum absolute atomic E-state index is 11.5. The predicted octanol–water partition coefficient (Wildman–Crippen LogP) is 0.759. The average Bonchev–Trinajstić information content (AvgIpc) is 3.09. The first-order valence-corrected chi connectivity index (χ1v) is 6.16. The lowest BCUT2D eigenvalue weighted by Gasteiger charge is -2.15. The fourth-order valence-electron chi connectivity index (χ4n) is 1.96. The second kappa shape index (κ2) is 5.42. The zero-order valence-corrected chi connectivity index (χ0v) is 10.1. The van der Waals surface area contributed by atoms with Gasteiger partial charge >= 0.3 is 0 Å². The van der Waals surface area contributed by atoms with Crippen molar-refractivity contribution in [3.63, 3.8) is 0 Å². The number of nitrogens with one attached hydrogen (secondary N) is 1. The third kappa shape index (κ3) is 3.14. The molecular formula is C12H19N3O2. The second-order valence-corrected chi connectivity index (χ2v) is 4.37. The third-order valence-corrected chi connectivity index (χ3v) is 2.88. The Morgan fingerprint density at radius 3 is 3.00 bits per heavy atom. The molecule has 5 heteroatoms. The minimum absolute atomic E-state index is 0.0644. The van der Waals surface area contributed by atoms with Crippen LogP contribution < -0.4 is 11.3 Å². The molecule has 1 aliphatic carbocycles. The smallest absolute Gasteiger partial charge is 0.251 e. The standard InChI is InChI=1S/C12H19N3O2/c1-2-17-11(8-3-4-8)12-14-9(5-6-13)7-10(16)15-12/h7-8,11H,2-6,13H2,1H3,(H,14,15,16). The van der Waals surface area contributed by atoms with Gasteiger partial charge in [-0.1, -0.05) is 0 Å². The van der Waals surface area contributed by atoms with Crippen LogP contribution in [-0.2, 0) is 11.2 Å². The molecule has 0 spiro atoms. The molecule has 1 saturated carbocycles. The summed E-state index contributed by atoms with van der Waals surface area (Å²) in [6.07, 6.45) is 2.86. The molecule has 0 amide bonds. The number of hydrogen-bond donors (Lipinski definition) is 2. The zero-order chi connectivity index (χ0) is 12.3. The van der Waals surface area contributed by atoms with Crippen molar-refractivity contribution < 1.29 is 4.74 Å². The van der Waals surface area contributed by atoms with Crippen LogP contribution in [0.5, 0.6) is 0 Å². The van der Waals surface area contributed by atoms with E-state index in [2.05, 4.69) is 9.97 Å². The molecule has 1 unspecified atom stereocenters. The molecule has 1 atom stereocenters. The van der Waals surface area contributed by atoms with Crippen molar-refractivity contribution in [2.45, 2.75) is 32.3 Å². The molecule has 2 rings (SSSR count). The minimum atomic E-state index is -0.121. The van der Waals surface area contributed by atoms with Gasteiger partial charge in [0, 0.05) is 24.8 Å². The van der Waals surface area contributed by atoms with Crippen LogP contribution in [-0.4, -0.2) is 23.1 Å². The number of aromatic nitrogens is 2. The number of ether oxygens (including phenoxy) is 1. The highest BCUT2D eigenvalue weighted by molar-refractivity contribution is 5.07. The SMILES string of the molecule is CCOC(c1nc(CCN)cc(=O)[nH]1)C1CC1. The van der Waals surface area contributed by atoms with E-state index >= 15 is 0 Å². The maximum atomic E-state index is 11.5. The largest absolute Gasteiger partial charge is 0.370 e. The van der Waals surface area contributed by atoms with Crippen molar-refractivity contribution in [2.24, 2.45) is 11.7 Å². The Kier molecular flexibility index (Phi) is 3.91. The van der Waals surface area contributed by atoms with Crippen LogP contribution >= 0.6 is 0 Å². The summed E-state index contributed by atoms with van der Waals surface area (Å²) in [5.41, 5.74) is 6.11. The summed E-state index contributed by atoms with van der Waals surface area (Å²) in [7, 11) is 0. The number of aromatic amines is 1. The molecule has 0 bridgehead atoms. The van der Waals surface area contributed by atoms with Crippen molar-refractivity contribution in [1.29, 1.82) is 0 Å². The van der Waals surface area contributed by atoms with Crippen LogP contribution in [0.1, 0.15) is 37.4 Å². The Morgan fingerprint density at radius 2 is 2.41 bits per heavy atom. The van der Waals surface area contributed by atoms with E-state index in [4.69, 9.17) is 10.5 Å². The van der Waals surface area contributed by atoms with Gasteiger partial charge in [0.25, 0.3) is 5.56 Å². The second-order valence-electron chi connectivity index (χ2n) is 4.37. The molecule has 1 aromatic heterocycles. The summed E-state index contributed by atoms with van der Waals surface area (Å²) in [5.74, 6) is 1.16. The molecule has 5 nitrogen and oxygen atoms in total. The van der Waals surface area contributed by atoms with Gasteiger partial charge < -0.3 is 15.5 Å². The number of rotatable bonds is 6. The van der Waals surface area contributed by atoms with E-state index in [9.17, 15) is 4.79 Å². The molecule has 94 valence electrons. The topological polar surface area (TPSA) is 81.0 Å². The van der Waals surface area contributed by atoms with Crippen LogP contribution in [0.15, 0.2) is 10.9 Å². The third-order valence-electron chi connectivity index (χ3n) is 2.88. The molecule has 0 radical (unpaired) electrons. The molecule has 17 heavy (non-hydrogen) atoms. The number of H-pyrrole nitrogens is 1. The molecule has 1 aromatic rings. The van der Waals surface area contributed by atoms with Gasteiger partial charge in [-0.3, -0.25) is 4.79 Å². The van der Waals surface area contributed by atoms with Gasteiger partial charge in [-0.15, -0.1) is 0 Å². The molecule has 0 saturated heterocycles. The highest BCUT2D eigenvalue weighted by atomic mass is 16.5. The van der Waals surface area contributed by atoms with Gasteiger partial charge in [0.05, 0.1) is 0 Å². The molecule has 1 heterocycles. The number of hydrogen-bond acceptors (Lipinski definition) is 4. The zero-order valence-electron chi connectivity index (χ0n) is 10.1.